The van der Waals surface area contributed by atoms with Crippen LogP contribution < -0.4 is 10.6 Å². The van der Waals surface area contributed by atoms with Gasteiger partial charge in [0, 0.05) is 44.5 Å². The van der Waals surface area contributed by atoms with Crippen LogP contribution in [0.3, 0.4) is 0 Å². The number of rotatable bonds is 6. The molecule has 0 unspecified atom stereocenters. The number of nitrogens with zero attached hydrogens (tertiary/aromatic N) is 1. The predicted molar refractivity (Wildman–Crippen MR) is 77.6 cm³/mol. The highest BCUT2D eigenvalue weighted by molar-refractivity contribution is 7.10. The van der Waals surface area contributed by atoms with Crippen LogP contribution in [0.15, 0.2) is 11.4 Å². The molecule has 2 rings (SSSR count). The number of carbonyl (C=O) groups excluding carboxylic acids is 1. The van der Waals surface area contributed by atoms with Crippen LogP contribution in [0.1, 0.15) is 11.8 Å². The van der Waals surface area contributed by atoms with Crippen LogP contribution >= 0.6 is 11.3 Å². The lowest BCUT2D eigenvalue weighted by atomic mass is 10.3. The van der Waals surface area contributed by atoms with E-state index in [1.165, 1.54) is 11.8 Å². The summed E-state index contributed by atoms with van der Waals surface area (Å²) in [6.07, 6.45) is 0. The van der Waals surface area contributed by atoms with Crippen LogP contribution in [0.2, 0.25) is 0 Å². The Hall–Kier alpha value is -0.950. The molecule has 1 aromatic heterocycles. The van der Waals surface area contributed by atoms with Crippen molar-refractivity contribution < 1.29 is 9.53 Å². The number of ether oxygens (including phenoxy) is 1. The second kappa shape index (κ2) is 7.59. The van der Waals surface area contributed by atoms with Gasteiger partial charge in [0.05, 0.1) is 18.9 Å². The van der Waals surface area contributed by atoms with E-state index in [2.05, 4.69) is 15.5 Å². The van der Waals surface area contributed by atoms with E-state index in [4.69, 9.17) is 4.74 Å². The van der Waals surface area contributed by atoms with E-state index in [0.717, 1.165) is 51.6 Å². The Bertz CT molecular complexity index is 402. The SMILES string of the molecule is CC(=O)Nc1ccsc1CNCCN1CCOCC1. The van der Waals surface area contributed by atoms with Crippen molar-refractivity contribution in [2.45, 2.75) is 13.5 Å². The van der Waals surface area contributed by atoms with Gasteiger partial charge in [-0.25, -0.2) is 0 Å². The number of amides is 1. The number of nitrogens with one attached hydrogen (secondary N) is 2. The van der Waals surface area contributed by atoms with Gasteiger partial charge < -0.3 is 15.4 Å². The molecule has 19 heavy (non-hydrogen) atoms. The van der Waals surface area contributed by atoms with Crippen molar-refractivity contribution in [3.8, 4) is 0 Å². The van der Waals surface area contributed by atoms with Crippen LogP contribution in [0, 0.1) is 0 Å². The minimum atomic E-state index is -0.0204. The van der Waals surface area contributed by atoms with Gasteiger partial charge in [-0.1, -0.05) is 0 Å². The number of morpholine rings is 1. The molecular weight excluding hydrogens is 262 g/mol. The Kier molecular flexibility index (Phi) is 5.78. The number of hydrogen-bond donors (Lipinski definition) is 2. The van der Waals surface area contributed by atoms with Crippen molar-refractivity contribution in [1.82, 2.24) is 10.2 Å². The van der Waals surface area contributed by atoms with Gasteiger partial charge in [-0.3, -0.25) is 9.69 Å². The zero-order chi connectivity index (χ0) is 13.5. The highest BCUT2D eigenvalue weighted by atomic mass is 32.1. The molecule has 0 aromatic carbocycles. The second-order valence-corrected chi connectivity index (χ2v) is 5.57. The van der Waals surface area contributed by atoms with Crippen LogP contribution in [-0.4, -0.2) is 50.2 Å². The van der Waals surface area contributed by atoms with Crippen molar-refractivity contribution >= 4 is 22.9 Å². The molecule has 6 heteroatoms. The van der Waals surface area contributed by atoms with Crippen molar-refractivity contribution in [2.75, 3.05) is 44.7 Å². The zero-order valence-corrected chi connectivity index (χ0v) is 12.1. The molecule has 0 aliphatic carbocycles. The molecule has 0 radical (unpaired) electrons. The molecule has 106 valence electrons. The van der Waals surface area contributed by atoms with E-state index >= 15 is 0 Å². The Morgan fingerprint density at radius 2 is 2.26 bits per heavy atom. The van der Waals surface area contributed by atoms with Crippen LogP contribution in [0.5, 0.6) is 0 Å². The lowest BCUT2D eigenvalue weighted by Crippen LogP contribution is -2.40. The normalized spacial score (nSPS) is 16.5. The van der Waals surface area contributed by atoms with Gasteiger partial charge in [-0.05, 0) is 11.4 Å². The second-order valence-electron chi connectivity index (χ2n) is 4.57. The van der Waals surface area contributed by atoms with Gasteiger partial charge in [0.2, 0.25) is 5.91 Å². The summed E-state index contributed by atoms with van der Waals surface area (Å²) in [5, 5.41) is 8.28. The summed E-state index contributed by atoms with van der Waals surface area (Å²) in [4.78, 5) is 14.6. The van der Waals surface area contributed by atoms with Crippen molar-refractivity contribution in [3.63, 3.8) is 0 Å². The van der Waals surface area contributed by atoms with Crippen LogP contribution in [-0.2, 0) is 16.1 Å². The lowest BCUT2D eigenvalue weighted by molar-refractivity contribution is -0.114. The number of hydrogen-bond acceptors (Lipinski definition) is 5. The van der Waals surface area contributed by atoms with Crippen LogP contribution in [0.4, 0.5) is 5.69 Å². The molecule has 1 fully saturated rings. The third-order valence-corrected chi connectivity index (χ3v) is 3.97. The highest BCUT2D eigenvalue weighted by Gasteiger charge is 2.09. The zero-order valence-electron chi connectivity index (χ0n) is 11.3. The first-order valence-corrected chi connectivity index (χ1v) is 7.48. The van der Waals surface area contributed by atoms with E-state index in [0.29, 0.717) is 0 Å². The predicted octanol–water partition coefficient (Wildman–Crippen LogP) is 1.13. The summed E-state index contributed by atoms with van der Waals surface area (Å²) >= 11 is 1.67. The van der Waals surface area contributed by atoms with Gasteiger partial charge in [0.25, 0.3) is 0 Å². The Morgan fingerprint density at radius 3 is 3.00 bits per heavy atom. The Morgan fingerprint density at radius 1 is 1.47 bits per heavy atom. The maximum Gasteiger partial charge on any atom is 0.221 e. The van der Waals surface area contributed by atoms with E-state index < -0.39 is 0 Å². The number of carbonyl (C=O) groups is 1. The fourth-order valence-electron chi connectivity index (χ4n) is 2.04. The van der Waals surface area contributed by atoms with Gasteiger partial charge >= 0.3 is 0 Å². The van der Waals surface area contributed by atoms with Crippen molar-refractivity contribution in [2.24, 2.45) is 0 Å². The Balaban J connectivity index is 1.67. The molecule has 0 bridgehead atoms. The lowest BCUT2D eigenvalue weighted by Gasteiger charge is -2.26. The summed E-state index contributed by atoms with van der Waals surface area (Å²) in [6, 6.07) is 1.95. The average molecular weight is 283 g/mol. The minimum Gasteiger partial charge on any atom is -0.379 e. The molecule has 0 spiro atoms. The molecule has 5 nitrogen and oxygen atoms in total. The molecule has 2 heterocycles. The topological polar surface area (TPSA) is 53.6 Å². The van der Waals surface area contributed by atoms with Crippen LogP contribution in [0.25, 0.3) is 0 Å². The first-order chi connectivity index (χ1) is 9.25. The molecule has 1 aromatic rings. The third kappa shape index (κ3) is 4.91. The first kappa shape index (κ1) is 14.5. The van der Waals surface area contributed by atoms with Gasteiger partial charge in [0.1, 0.15) is 0 Å². The number of thiophene rings is 1. The van der Waals surface area contributed by atoms with E-state index in [-0.39, 0.29) is 5.91 Å². The summed E-state index contributed by atoms with van der Waals surface area (Å²) < 4.78 is 5.32. The maximum atomic E-state index is 11.1. The molecular formula is C13H21N3O2S. The van der Waals surface area contributed by atoms with E-state index in [9.17, 15) is 4.79 Å². The molecule has 0 atom stereocenters. The van der Waals surface area contributed by atoms with E-state index in [1.54, 1.807) is 11.3 Å². The molecule has 1 aliphatic heterocycles. The van der Waals surface area contributed by atoms with Gasteiger partial charge in [0.15, 0.2) is 0 Å². The quantitative estimate of drug-likeness (QED) is 0.769. The Labute approximate surface area is 117 Å². The summed E-state index contributed by atoms with van der Waals surface area (Å²) in [5.74, 6) is -0.0204. The average Bonchev–Trinajstić information content (AvgIpc) is 2.82. The summed E-state index contributed by atoms with van der Waals surface area (Å²) in [5.41, 5.74) is 0.927. The van der Waals surface area contributed by atoms with Gasteiger partial charge in [-0.15, -0.1) is 11.3 Å². The molecule has 1 amide bonds. The van der Waals surface area contributed by atoms with Gasteiger partial charge in [-0.2, -0.15) is 0 Å². The fourth-order valence-corrected chi connectivity index (χ4v) is 2.84. The maximum absolute atomic E-state index is 11.1. The molecule has 0 saturated carbocycles. The van der Waals surface area contributed by atoms with Crippen molar-refractivity contribution in [3.05, 3.63) is 16.3 Å². The summed E-state index contributed by atoms with van der Waals surface area (Å²) in [6.45, 7) is 8.08. The largest absolute Gasteiger partial charge is 0.379 e. The monoisotopic (exact) mass is 283 g/mol. The smallest absolute Gasteiger partial charge is 0.221 e. The standard InChI is InChI=1S/C13H21N3O2S/c1-11(17)15-12-2-9-19-13(12)10-14-3-4-16-5-7-18-8-6-16/h2,9,14H,3-8,10H2,1H3,(H,15,17). The fraction of sp³-hybridized carbons (Fsp3) is 0.615. The first-order valence-electron chi connectivity index (χ1n) is 6.60. The molecule has 2 N–H and O–H groups in total. The molecule has 1 aliphatic rings. The summed E-state index contributed by atoms with van der Waals surface area (Å²) in [7, 11) is 0. The molecule has 1 saturated heterocycles. The van der Waals surface area contributed by atoms with Crippen molar-refractivity contribution in [1.29, 1.82) is 0 Å². The number of anilines is 1. The van der Waals surface area contributed by atoms with E-state index in [1.807, 2.05) is 11.4 Å². The highest BCUT2D eigenvalue weighted by Crippen LogP contribution is 2.21. The third-order valence-electron chi connectivity index (χ3n) is 3.05. The minimum absolute atomic E-state index is 0.0204.